The van der Waals surface area contributed by atoms with Crippen molar-refractivity contribution in [2.45, 2.75) is 24.8 Å². The Morgan fingerprint density at radius 3 is 2.30 bits per heavy atom. The van der Waals surface area contributed by atoms with E-state index in [0.717, 1.165) is 18.2 Å². The summed E-state index contributed by atoms with van der Waals surface area (Å²) in [5, 5.41) is 27.5. The van der Waals surface area contributed by atoms with E-state index in [-0.39, 0.29) is 5.56 Å². The van der Waals surface area contributed by atoms with E-state index in [2.05, 4.69) is 0 Å². The number of alkyl halides is 3. The zero-order chi connectivity index (χ0) is 15.5. The lowest BCUT2D eigenvalue weighted by atomic mass is 9.99. The Morgan fingerprint density at radius 1 is 1.20 bits per heavy atom. The molecule has 5 nitrogen and oxygen atoms in total. The molecule has 0 fully saturated rings. The summed E-state index contributed by atoms with van der Waals surface area (Å²) in [6.07, 6.45) is -9.22. The Hall–Kier alpha value is -1.93. The van der Waals surface area contributed by atoms with Crippen LogP contribution in [0, 0.1) is 0 Å². The molecule has 0 heterocycles. The van der Waals surface area contributed by atoms with Crippen LogP contribution in [0.5, 0.6) is 0 Å². The monoisotopic (exact) mass is 292 g/mol. The van der Waals surface area contributed by atoms with Gasteiger partial charge in [0.2, 0.25) is 0 Å². The van der Waals surface area contributed by atoms with Gasteiger partial charge in [0.25, 0.3) is 5.78 Å². The molecule has 1 aromatic rings. The van der Waals surface area contributed by atoms with Crippen molar-refractivity contribution in [1.29, 1.82) is 0 Å². The molecule has 0 bridgehead atoms. The summed E-state index contributed by atoms with van der Waals surface area (Å²) >= 11 is 0. The van der Waals surface area contributed by atoms with Crippen molar-refractivity contribution in [2.24, 2.45) is 0 Å². The van der Waals surface area contributed by atoms with Crippen LogP contribution in [0.15, 0.2) is 24.3 Å². The fraction of sp³-hybridized carbons (Fsp3) is 0.333. The van der Waals surface area contributed by atoms with Crippen LogP contribution < -0.4 is 0 Å². The molecular weight excluding hydrogens is 281 g/mol. The van der Waals surface area contributed by atoms with Gasteiger partial charge in [-0.25, -0.2) is 0 Å². The molecule has 110 valence electrons. The molecule has 0 saturated heterocycles. The number of hydrogen-bond donors (Lipinski definition) is 3. The fourth-order valence-electron chi connectivity index (χ4n) is 1.54. The second-order valence-electron chi connectivity index (χ2n) is 4.06. The van der Waals surface area contributed by atoms with Crippen molar-refractivity contribution < 1.29 is 38.1 Å². The van der Waals surface area contributed by atoms with Gasteiger partial charge >= 0.3 is 12.1 Å². The first-order valence-electron chi connectivity index (χ1n) is 5.42. The van der Waals surface area contributed by atoms with Crippen LogP contribution in [0.4, 0.5) is 13.2 Å². The maximum absolute atomic E-state index is 12.3. The first-order chi connectivity index (χ1) is 9.12. The van der Waals surface area contributed by atoms with Crippen LogP contribution in [-0.2, 0) is 4.79 Å². The minimum Gasteiger partial charge on any atom is -0.481 e. The average Bonchev–Trinajstić information content (AvgIpc) is 2.35. The van der Waals surface area contributed by atoms with Crippen LogP contribution >= 0.6 is 0 Å². The first-order valence-corrected chi connectivity index (χ1v) is 5.42. The van der Waals surface area contributed by atoms with Crippen LogP contribution in [0.3, 0.4) is 0 Å². The first kappa shape index (κ1) is 16.1. The Morgan fingerprint density at radius 2 is 1.80 bits per heavy atom. The summed E-state index contributed by atoms with van der Waals surface area (Å²) in [5.74, 6) is -3.46. The molecule has 2 atom stereocenters. The molecule has 0 saturated carbocycles. The van der Waals surface area contributed by atoms with E-state index in [1.165, 1.54) is 6.07 Å². The number of carboxylic acids is 1. The molecule has 0 aliphatic heterocycles. The smallest absolute Gasteiger partial charge is 0.454 e. The van der Waals surface area contributed by atoms with Crippen molar-refractivity contribution in [3.8, 4) is 0 Å². The van der Waals surface area contributed by atoms with Gasteiger partial charge in [-0.05, 0) is 11.6 Å². The van der Waals surface area contributed by atoms with E-state index in [9.17, 15) is 33.0 Å². The molecule has 0 spiro atoms. The molecule has 3 N–H and O–H groups in total. The van der Waals surface area contributed by atoms with E-state index in [1.54, 1.807) is 0 Å². The van der Waals surface area contributed by atoms with Crippen molar-refractivity contribution in [1.82, 2.24) is 0 Å². The Bertz CT molecular complexity index is 512. The summed E-state index contributed by atoms with van der Waals surface area (Å²) in [6.45, 7) is 0. The van der Waals surface area contributed by atoms with Gasteiger partial charge < -0.3 is 15.3 Å². The van der Waals surface area contributed by atoms with Crippen LogP contribution in [-0.4, -0.2) is 39.4 Å². The quantitative estimate of drug-likeness (QED) is 0.711. The SMILES string of the molecule is O=C(O)CC(O)C(O)c1cccc(C(=O)C(F)(F)F)c1. The second-order valence-corrected chi connectivity index (χ2v) is 4.06. The lowest BCUT2D eigenvalue weighted by Gasteiger charge is -2.17. The summed E-state index contributed by atoms with van der Waals surface area (Å²) in [6, 6.07) is 3.97. The standard InChI is InChI=1S/C12H11F3O5/c13-12(14,15)11(20)7-3-1-2-6(4-7)10(19)8(16)5-9(17)18/h1-4,8,10,16,19H,5H2,(H,17,18). The zero-order valence-electron chi connectivity index (χ0n) is 9.96. The van der Waals surface area contributed by atoms with Gasteiger partial charge in [0.15, 0.2) is 0 Å². The lowest BCUT2D eigenvalue weighted by molar-refractivity contribution is -0.141. The Labute approximate surface area is 111 Å². The predicted molar refractivity (Wildman–Crippen MR) is 60.0 cm³/mol. The molecule has 0 aliphatic rings. The van der Waals surface area contributed by atoms with Gasteiger partial charge in [-0.2, -0.15) is 13.2 Å². The number of halogens is 3. The summed E-state index contributed by atoms with van der Waals surface area (Å²) < 4.78 is 36.8. The number of aliphatic carboxylic acids is 1. The highest BCUT2D eigenvalue weighted by Crippen LogP contribution is 2.25. The molecule has 0 aliphatic carbocycles. The molecule has 0 amide bonds. The van der Waals surface area contributed by atoms with E-state index < -0.39 is 42.1 Å². The van der Waals surface area contributed by atoms with Crippen LogP contribution in [0.25, 0.3) is 0 Å². The van der Waals surface area contributed by atoms with Crippen molar-refractivity contribution in [3.05, 3.63) is 35.4 Å². The van der Waals surface area contributed by atoms with Gasteiger partial charge in [-0.15, -0.1) is 0 Å². The number of Topliss-reactive ketones (excluding diaryl/α,β-unsaturated/α-hetero) is 1. The van der Waals surface area contributed by atoms with Crippen molar-refractivity contribution >= 4 is 11.8 Å². The van der Waals surface area contributed by atoms with E-state index in [0.29, 0.717) is 0 Å². The van der Waals surface area contributed by atoms with Crippen molar-refractivity contribution in [3.63, 3.8) is 0 Å². The third-order valence-corrected chi connectivity index (χ3v) is 2.50. The van der Waals surface area contributed by atoms with Gasteiger partial charge in [0.05, 0.1) is 12.5 Å². The average molecular weight is 292 g/mol. The number of carbonyl (C=O) groups is 2. The highest BCUT2D eigenvalue weighted by atomic mass is 19.4. The number of hydrogen-bond acceptors (Lipinski definition) is 4. The minimum absolute atomic E-state index is 0.172. The highest BCUT2D eigenvalue weighted by Gasteiger charge is 2.39. The molecular formula is C12H11F3O5. The topological polar surface area (TPSA) is 94.8 Å². The second kappa shape index (κ2) is 6.02. The van der Waals surface area contributed by atoms with Gasteiger partial charge in [-0.1, -0.05) is 18.2 Å². The fourth-order valence-corrected chi connectivity index (χ4v) is 1.54. The maximum Gasteiger partial charge on any atom is 0.454 e. The number of ketones is 1. The highest BCUT2D eigenvalue weighted by molar-refractivity contribution is 6.00. The number of aliphatic hydroxyl groups excluding tert-OH is 2. The lowest BCUT2D eigenvalue weighted by Crippen LogP contribution is -2.24. The Kier molecular flexibility index (Phi) is 4.85. The largest absolute Gasteiger partial charge is 0.481 e. The van der Waals surface area contributed by atoms with Crippen molar-refractivity contribution in [2.75, 3.05) is 0 Å². The number of aliphatic hydroxyl groups is 2. The molecule has 1 rings (SSSR count). The molecule has 20 heavy (non-hydrogen) atoms. The maximum atomic E-state index is 12.3. The molecule has 0 radical (unpaired) electrons. The summed E-state index contributed by atoms with van der Waals surface area (Å²) in [5.41, 5.74) is -0.870. The normalized spacial score (nSPS) is 14.7. The minimum atomic E-state index is -5.05. The van der Waals surface area contributed by atoms with E-state index in [1.807, 2.05) is 0 Å². The van der Waals surface area contributed by atoms with Gasteiger partial charge in [-0.3, -0.25) is 9.59 Å². The van der Waals surface area contributed by atoms with E-state index >= 15 is 0 Å². The summed E-state index contributed by atoms with van der Waals surface area (Å²) in [4.78, 5) is 21.4. The third-order valence-electron chi connectivity index (χ3n) is 2.50. The number of benzene rings is 1. The van der Waals surface area contributed by atoms with Crippen LogP contribution in [0.1, 0.15) is 28.4 Å². The number of carboxylic acid groups (broad SMARTS) is 1. The molecule has 0 aromatic heterocycles. The number of rotatable bonds is 5. The third kappa shape index (κ3) is 4.04. The molecule has 1 aromatic carbocycles. The Balaban J connectivity index is 2.98. The predicted octanol–water partition coefficient (Wildman–Crippen LogP) is 1.30. The summed E-state index contributed by atoms with van der Waals surface area (Å²) in [7, 11) is 0. The van der Waals surface area contributed by atoms with Gasteiger partial charge in [0, 0.05) is 5.56 Å². The van der Waals surface area contributed by atoms with E-state index in [4.69, 9.17) is 5.11 Å². The van der Waals surface area contributed by atoms with Gasteiger partial charge in [0.1, 0.15) is 6.10 Å². The molecule has 2 unspecified atom stereocenters. The number of carbonyl (C=O) groups excluding carboxylic acids is 1. The van der Waals surface area contributed by atoms with Crippen LogP contribution in [0.2, 0.25) is 0 Å². The molecule has 8 heteroatoms. The zero-order valence-corrected chi connectivity index (χ0v) is 9.96.